The summed E-state index contributed by atoms with van der Waals surface area (Å²) in [6.45, 7) is 2.89. The molecule has 5 nitrogen and oxygen atoms in total. The summed E-state index contributed by atoms with van der Waals surface area (Å²) in [4.78, 5) is 25.8. The predicted octanol–water partition coefficient (Wildman–Crippen LogP) is 0.696. The number of amides is 2. The van der Waals surface area contributed by atoms with Crippen molar-refractivity contribution in [2.75, 3.05) is 27.2 Å². The van der Waals surface area contributed by atoms with Gasteiger partial charge in [-0.2, -0.15) is 0 Å². The molecule has 0 unspecified atom stereocenters. The first-order valence-electron chi connectivity index (χ1n) is 5.12. The maximum atomic E-state index is 11.2. The van der Waals surface area contributed by atoms with Gasteiger partial charge in [0.15, 0.2) is 0 Å². The van der Waals surface area contributed by atoms with E-state index in [2.05, 4.69) is 4.74 Å². The number of hydrogen-bond acceptors (Lipinski definition) is 3. The maximum Gasteiger partial charge on any atom is 0.409 e. The lowest BCUT2D eigenvalue weighted by Gasteiger charge is -2.35. The Morgan fingerprint density at radius 1 is 1.33 bits per heavy atom. The fraction of sp³-hybridized carbons (Fsp3) is 0.800. The number of likely N-dealkylation sites (tertiary alicyclic amines) is 1. The highest BCUT2D eigenvalue weighted by atomic mass is 16.5. The molecule has 0 aromatic heterocycles. The van der Waals surface area contributed by atoms with Gasteiger partial charge >= 0.3 is 6.09 Å². The van der Waals surface area contributed by atoms with Gasteiger partial charge in [0.2, 0.25) is 5.91 Å². The molecule has 2 amide bonds. The standard InChI is InChI=1S/C10H18N2O3/c1-8(13)11(2)9-4-6-12(7-5-9)10(14)15-3/h9H,4-7H2,1-3H3. The molecule has 1 saturated heterocycles. The molecule has 0 saturated carbocycles. The fourth-order valence-corrected chi connectivity index (χ4v) is 1.82. The molecule has 0 aromatic rings. The van der Waals surface area contributed by atoms with Crippen LogP contribution in [0, 0.1) is 0 Å². The molecule has 15 heavy (non-hydrogen) atoms. The monoisotopic (exact) mass is 214 g/mol. The molecule has 1 rings (SSSR count). The first-order valence-corrected chi connectivity index (χ1v) is 5.12. The van der Waals surface area contributed by atoms with E-state index in [-0.39, 0.29) is 18.0 Å². The van der Waals surface area contributed by atoms with Crippen molar-refractivity contribution in [3.63, 3.8) is 0 Å². The van der Waals surface area contributed by atoms with Crippen LogP contribution in [0.3, 0.4) is 0 Å². The van der Waals surface area contributed by atoms with E-state index in [1.54, 1.807) is 23.8 Å². The van der Waals surface area contributed by atoms with Gasteiger partial charge in [-0.3, -0.25) is 4.79 Å². The molecule has 0 radical (unpaired) electrons. The lowest BCUT2D eigenvalue weighted by Crippen LogP contribution is -2.46. The second kappa shape index (κ2) is 5.00. The van der Waals surface area contributed by atoms with Crippen molar-refractivity contribution >= 4 is 12.0 Å². The number of ether oxygens (including phenoxy) is 1. The summed E-state index contributed by atoms with van der Waals surface area (Å²) in [7, 11) is 3.19. The van der Waals surface area contributed by atoms with E-state index in [1.165, 1.54) is 7.11 Å². The molecular formula is C10H18N2O3. The number of carbonyl (C=O) groups is 2. The van der Waals surface area contributed by atoms with E-state index < -0.39 is 0 Å². The molecule has 5 heteroatoms. The molecule has 0 aromatic carbocycles. The lowest BCUT2D eigenvalue weighted by atomic mass is 10.0. The van der Waals surface area contributed by atoms with Crippen LogP contribution >= 0.6 is 0 Å². The zero-order valence-corrected chi connectivity index (χ0v) is 9.52. The Bertz CT molecular complexity index is 247. The van der Waals surface area contributed by atoms with E-state index >= 15 is 0 Å². The number of hydrogen-bond donors (Lipinski definition) is 0. The zero-order chi connectivity index (χ0) is 11.4. The molecule has 0 atom stereocenters. The molecular weight excluding hydrogens is 196 g/mol. The number of nitrogens with zero attached hydrogens (tertiary/aromatic N) is 2. The summed E-state index contributed by atoms with van der Waals surface area (Å²) >= 11 is 0. The van der Waals surface area contributed by atoms with Gasteiger partial charge in [0, 0.05) is 33.1 Å². The summed E-state index contributed by atoms with van der Waals surface area (Å²) in [6, 6.07) is 0.253. The van der Waals surface area contributed by atoms with Crippen LogP contribution in [0.25, 0.3) is 0 Å². The van der Waals surface area contributed by atoms with Crippen molar-refractivity contribution in [3.05, 3.63) is 0 Å². The van der Waals surface area contributed by atoms with Gasteiger partial charge in [-0.1, -0.05) is 0 Å². The van der Waals surface area contributed by atoms with Crippen molar-refractivity contribution in [2.45, 2.75) is 25.8 Å². The maximum absolute atomic E-state index is 11.2. The van der Waals surface area contributed by atoms with E-state index in [0.29, 0.717) is 13.1 Å². The van der Waals surface area contributed by atoms with E-state index in [9.17, 15) is 9.59 Å². The smallest absolute Gasteiger partial charge is 0.409 e. The lowest BCUT2D eigenvalue weighted by molar-refractivity contribution is -0.130. The summed E-state index contributed by atoms with van der Waals surface area (Å²) in [5, 5.41) is 0. The Labute approximate surface area is 90.0 Å². The Balaban J connectivity index is 2.42. The van der Waals surface area contributed by atoms with Crippen LogP contribution in [0.5, 0.6) is 0 Å². The second-order valence-corrected chi connectivity index (χ2v) is 3.82. The van der Waals surface area contributed by atoms with Gasteiger partial charge in [-0.15, -0.1) is 0 Å². The number of piperidine rings is 1. The van der Waals surface area contributed by atoms with Crippen molar-refractivity contribution in [3.8, 4) is 0 Å². The van der Waals surface area contributed by atoms with Crippen LogP contribution in [0.2, 0.25) is 0 Å². The Hall–Kier alpha value is -1.26. The van der Waals surface area contributed by atoms with Gasteiger partial charge < -0.3 is 14.5 Å². The first-order chi connectivity index (χ1) is 7.06. The van der Waals surface area contributed by atoms with Gasteiger partial charge in [0.05, 0.1) is 7.11 Å². The minimum Gasteiger partial charge on any atom is -0.453 e. The van der Waals surface area contributed by atoms with E-state index in [0.717, 1.165) is 12.8 Å². The largest absolute Gasteiger partial charge is 0.453 e. The van der Waals surface area contributed by atoms with Crippen LogP contribution in [0.1, 0.15) is 19.8 Å². The Morgan fingerprint density at radius 3 is 2.27 bits per heavy atom. The van der Waals surface area contributed by atoms with Crippen molar-refractivity contribution in [1.29, 1.82) is 0 Å². The fourth-order valence-electron chi connectivity index (χ4n) is 1.82. The number of methoxy groups -OCH3 is 1. The van der Waals surface area contributed by atoms with Gasteiger partial charge in [-0.25, -0.2) is 4.79 Å². The van der Waals surface area contributed by atoms with Crippen LogP contribution in [-0.2, 0) is 9.53 Å². The zero-order valence-electron chi connectivity index (χ0n) is 9.52. The minimum absolute atomic E-state index is 0.0755. The van der Waals surface area contributed by atoms with E-state index in [4.69, 9.17) is 0 Å². The third-order valence-electron chi connectivity index (χ3n) is 2.94. The molecule has 1 aliphatic rings. The molecule has 0 N–H and O–H groups in total. The predicted molar refractivity (Wildman–Crippen MR) is 55.4 cm³/mol. The number of carbonyl (C=O) groups excluding carboxylic acids is 2. The minimum atomic E-state index is -0.279. The summed E-state index contributed by atoms with van der Waals surface area (Å²) in [5.74, 6) is 0.0755. The molecule has 86 valence electrons. The summed E-state index contributed by atoms with van der Waals surface area (Å²) in [5.41, 5.74) is 0. The van der Waals surface area contributed by atoms with Gasteiger partial charge in [-0.05, 0) is 12.8 Å². The topological polar surface area (TPSA) is 49.9 Å². The van der Waals surface area contributed by atoms with Crippen molar-refractivity contribution < 1.29 is 14.3 Å². The van der Waals surface area contributed by atoms with Crippen molar-refractivity contribution in [2.24, 2.45) is 0 Å². The quantitative estimate of drug-likeness (QED) is 0.645. The van der Waals surface area contributed by atoms with Gasteiger partial charge in [0.25, 0.3) is 0 Å². The molecule has 1 aliphatic heterocycles. The van der Waals surface area contributed by atoms with Crippen molar-refractivity contribution in [1.82, 2.24) is 9.80 Å². The molecule has 0 aliphatic carbocycles. The molecule has 0 spiro atoms. The van der Waals surface area contributed by atoms with Crippen LogP contribution in [0.15, 0.2) is 0 Å². The normalized spacial score (nSPS) is 17.4. The Kier molecular flexibility index (Phi) is 3.94. The molecule has 0 bridgehead atoms. The summed E-state index contributed by atoms with van der Waals surface area (Å²) in [6.07, 6.45) is 1.37. The average Bonchev–Trinajstić information content (AvgIpc) is 2.27. The van der Waals surface area contributed by atoms with Gasteiger partial charge in [0.1, 0.15) is 0 Å². The highest BCUT2D eigenvalue weighted by Gasteiger charge is 2.26. The highest BCUT2D eigenvalue weighted by molar-refractivity contribution is 5.73. The second-order valence-electron chi connectivity index (χ2n) is 3.82. The Morgan fingerprint density at radius 2 is 1.87 bits per heavy atom. The molecule has 1 fully saturated rings. The third kappa shape index (κ3) is 2.84. The van der Waals surface area contributed by atoms with Crippen LogP contribution in [0.4, 0.5) is 4.79 Å². The first kappa shape index (κ1) is 11.8. The van der Waals surface area contributed by atoms with Crippen LogP contribution in [-0.4, -0.2) is 55.1 Å². The van der Waals surface area contributed by atoms with E-state index in [1.807, 2.05) is 0 Å². The summed E-state index contributed by atoms with van der Waals surface area (Å²) < 4.78 is 4.64. The van der Waals surface area contributed by atoms with Crippen LogP contribution < -0.4 is 0 Å². The molecule has 1 heterocycles. The average molecular weight is 214 g/mol. The third-order valence-corrected chi connectivity index (χ3v) is 2.94. The number of rotatable bonds is 1. The highest BCUT2D eigenvalue weighted by Crippen LogP contribution is 2.15. The SMILES string of the molecule is COC(=O)N1CCC(N(C)C(C)=O)CC1.